The van der Waals surface area contributed by atoms with Gasteiger partial charge in [0.15, 0.2) is 0 Å². The summed E-state index contributed by atoms with van der Waals surface area (Å²) in [5, 5.41) is 11.1. The molecule has 0 unspecified atom stereocenters. The number of unbranched alkanes of at least 4 members (excludes halogenated alkanes) is 2. The number of amides is 2. The van der Waals surface area contributed by atoms with Crippen LogP contribution in [0.2, 0.25) is 20.1 Å². The van der Waals surface area contributed by atoms with Crippen LogP contribution in [0.4, 0.5) is 11.4 Å². The molecule has 6 rings (SSSR count). The number of hydrazine groups is 1. The minimum Gasteiger partial charge on any atom is -0.465 e. The van der Waals surface area contributed by atoms with E-state index in [1.807, 2.05) is 13.8 Å². The first-order valence-corrected chi connectivity index (χ1v) is 20.1. The van der Waals surface area contributed by atoms with Crippen molar-refractivity contribution < 1.29 is 28.7 Å². The van der Waals surface area contributed by atoms with Crippen LogP contribution in [0.3, 0.4) is 0 Å². The molecule has 4 aromatic rings. The number of ether oxygens (including phenoxy) is 2. The number of carbonyl (C=O) groups excluding carboxylic acids is 4. The zero-order valence-corrected chi connectivity index (χ0v) is 33.8. The van der Waals surface area contributed by atoms with Gasteiger partial charge in [-0.15, -0.1) is 0 Å². The number of hydrogen-bond acceptors (Lipinski definition) is 8. The van der Waals surface area contributed by atoms with E-state index in [4.69, 9.17) is 55.9 Å². The second-order valence-corrected chi connectivity index (χ2v) is 15.5. The van der Waals surface area contributed by atoms with Crippen LogP contribution in [0.1, 0.15) is 62.7 Å². The maximum atomic E-state index is 14.9. The number of halogens is 4. The lowest BCUT2D eigenvalue weighted by molar-refractivity contribution is -0.154. The molecule has 10 nitrogen and oxygen atoms in total. The second kappa shape index (κ2) is 18.9. The summed E-state index contributed by atoms with van der Waals surface area (Å²) in [6.07, 6.45) is 2.74. The number of benzene rings is 4. The molecule has 0 bridgehead atoms. The third-order valence-electron chi connectivity index (χ3n) is 9.98. The smallest absolute Gasteiger partial charge is 0.313 e. The lowest BCUT2D eigenvalue weighted by atomic mass is 9.82. The average Bonchev–Trinajstić information content (AvgIpc) is 3.71. The van der Waals surface area contributed by atoms with Crippen LogP contribution in [0.15, 0.2) is 97.1 Å². The van der Waals surface area contributed by atoms with Gasteiger partial charge in [0.25, 0.3) is 0 Å². The minimum atomic E-state index is -1.31. The molecule has 0 spiro atoms. The molecular formula is C42H42Cl4N4O6. The van der Waals surface area contributed by atoms with Crippen molar-refractivity contribution in [1.29, 1.82) is 0 Å². The highest BCUT2D eigenvalue weighted by atomic mass is 35.5. The number of fused-ring (bicyclic) bond motifs is 1. The Bertz CT molecular complexity index is 1850. The molecule has 2 aliphatic rings. The number of hydrogen-bond donors (Lipinski definition) is 2. The Morgan fingerprint density at radius 1 is 0.518 bits per heavy atom. The molecular weight excluding hydrogens is 798 g/mol. The SMILES string of the molecule is CCCCOC(=O)[C@@H]1[C@H](C(=O)Nc2ccc(Cl)cc2)N2[C@H](c3ccc(Cl)cc3)[C@H](C(=O)OCCCC)[C@H](C(=O)Nc3ccc(Cl)cc3)N2[C@H]1c1ccc(Cl)cc1. The fourth-order valence-corrected chi connectivity index (χ4v) is 7.88. The van der Waals surface area contributed by atoms with Gasteiger partial charge in [0.2, 0.25) is 11.8 Å². The molecule has 56 heavy (non-hydrogen) atoms. The van der Waals surface area contributed by atoms with Gasteiger partial charge < -0.3 is 20.1 Å². The molecule has 2 aliphatic heterocycles. The lowest BCUT2D eigenvalue weighted by Crippen LogP contribution is -2.49. The molecule has 2 amide bonds. The van der Waals surface area contributed by atoms with Crippen LogP contribution < -0.4 is 10.6 Å². The van der Waals surface area contributed by atoms with E-state index >= 15 is 0 Å². The predicted molar refractivity (Wildman–Crippen MR) is 219 cm³/mol. The van der Waals surface area contributed by atoms with Crippen molar-refractivity contribution in [3.05, 3.63) is 128 Å². The van der Waals surface area contributed by atoms with E-state index in [1.54, 1.807) is 107 Å². The maximum absolute atomic E-state index is 14.9. The lowest BCUT2D eigenvalue weighted by Gasteiger charge is -2.33. The topological polar surface area (TPSA) is 117 Å². The van der Waals surface area contributed by atoms with Crippen molar-refractivity contribution in [3.63, 3.8) is 0 Å². The maximum Gasteiger partial charge on any atom is 0.313 e. The summed E-state index contributed by atoms with van der Waals surface area (Å²) in [6, 6.07) is 22.2. The highest BCUT2D eigenvalue weighted by molar-refractivity contribution is 6.31. The number of nitrogens with one attached hydrogen (secondary N) is 2. The Balaban J connectivity index is 1.59. The van der Waals surface area contributed by atoms with E-state index in [2.05, 4.69) is 10.6 Å². The van der Waals surface area contributed by atoms with Gasteiger partial charge in [-0.05, 0) is 96.8 Å². The van der Waals surface area contributed by atoms with Crippen LogP contribution in [-0.2, 0) is 28.7 Å². The number of carbonyl (C=O) groups is 4. The molecule has 6 atom stereocenters. The zero-order chi connectivity index (χ0) is 39.9. The summed E-state index contributed by atoms with van der Waals surface area (Å²) in [6.45, 7) is 4.20. The second-order valence-electron chi connectivity index (χ2n) is 13.7. The van der Waals surface area contributed by atoms with Gasteiger partial charge in [0, 0.05) is 31.5 Å². The summed E-state index contributed by atoms with van der Waals surface area (Å²) >= 11 is 25.1. The van der Waals surface area contributed by atoms with Crippen LogP contribution in [0.5, 0.6) is 0 Å². The molecule has 14 heteroatoms. The molecule has 0 saturated carbocycles. The first-order chi connectivity index (χ1) is 27.0. The monoisotopic (exact) mass is 838 g/mol. The zero-order valence-electron chi connectivity index (χ0n) is 30.8. The van der Waals surface area contributed by atoms with E-state index in [0.717, 1.165) is 12.8 Å². The first-order valence-electron chi connectivity index (χ1n) is 18.6. The van der Waals surface area contributed by atoms with Crippen LogP contribution in [0.25, 0.3) is 0 Å². The Kier molecular flexibility index (Phi) is 14.0. The van der Waals surface area contributed by atoms with Crippen molar-refractivity contribution in [2.75, 3.05) is 23.8 Å². The number of rotatable bonds is 14. The van der Waals surface area contributed by atoms with Crippen molar-refractivity contribution >= 4 is 81.5 Å². The van der Waals surface area contributed by atoms with Crippen molar-refractivity contribution in [3.8, 4) is 0 Å². The molecule has 2 heterocycles. The number of anilines is 2. The molecule has 0 aromatic heterocycles. The van der Waals surface area contributed by atoms with Gasteiger partial charge in [-0.2, -0.15) is 0 Å². The standard InChI is InChI=1S/C42H42Cl4N4O6/c1-3-5-23-55-41(53)33-35(25-7-11-27(43)12-8-25)49-38(40(52)48-32-21-17-30(46)18-22-32)34(42(54)56-24-6-4-2)36(26-9-13-28(44)14-10-26)50(49)37(33)39(51)47-31-19-15-29(45)16-20-31/h7-22,33-38H,3-6,23-24H2,1-2H3,(H,47,51)(H,48,52)/t33-,34-,35-,36+,37+,38+/m0/s1. The van der Waals surface area contributed by atoms with E-state index in [0.29, 0.717) is 55.4 Å². The van der Waals surface area contributed by atoms with Gasteiger partial charge in [0.1, 0.15) is 23.9 Å². The third-order valence-corrected chi connectivity index (χ3v) is 11.0. The van der Waals surface area contributed by atoms with E-state index in [1.165, 1.54) is 0 Å². The average molecular weight is 841 g/mol. The Morgan fingerprint density at radius 2 is 0.821 bits per heavy atom. The van der Waals surface area contributed by atoms with Gasteiger partial charge >= 0.3 is 11.9 Å². The molecule has 0 radical (unpaired) electrons. The molecule has 2 fully saturated rings. The molecule has 0 aliphatic carbocycles. The van der Waals surface area contributed by atoms with E-state index in [9.17, 15) is 19.2 Å². The van der Waals surface area contributed by atoms with Gasteiger partial charge in [-0.1, -0.05) is 97.4 Å². The largest absolute Gasteiger partial charge is 0.465 e. The summed E-state index contributed by atoms with van der Waals surface area (Å²) < 4.78 is 11.8. The number of nitrogens with zero attached hydrogens (tertiary/aromatic N) is 2. The molecule has 4 aromatic carbocycles. The van der Waals surface area contributed by atoms with Gasteiger partial charge in [0.05, 0.1) is 25.3 Å². The summed E-state index contributed by atoms with van der Waals surface area (Å²) in [7, 11) is 0. The van der Waals surface area contributed by atoms with Crippen LogP contribution >= 0.6 is 46.4 Å². The van der Waals surface area contributed by atoms with E-state index < -0.39 is 59.8 Å². The third kappa shape index (κ3) is 9.17. The normalized spacial score (nSPS) is 22.0. The number of esters is 2. The van der Waals surface area contributed by atoms with Gasteiger partial charge in [-0.25, -0.2) is 10.0 Å². The van der Waals surface area contributed by atoms with Crippen LogP contribution in [-0.4, -0.2) is 59.1 Å². The predicted octanol–water partition coefficient (Wildman–Crippen LogP) is 9.56. The summed E-state index contributed by atoms with van der Waals surface area (Å²) in [4.78, 5) is 59.0. The van der Waals surface area contributed by atoms with Gasteiger partial charge in [-0.3, -0.25) is 19.2 Å². The van der Waals surface area contributed by atoms with Crippen molar-refractivity contribution in [2.45, 2.75) is 63.7 Å². The summed E-state index contributed by atoms with van der Waals surface area (Å²) in [5.41, 5.74) is 1.98. The molecule has 2 saturated heterocycles. The van der Waals surface area contributed by atoms with Crippen molar-refractivity contribution in [2.24, 2.45) is 11.8 Å². The fourth-order valence-electron chi connectivity index (χ4n) is 7.37. The van der Waals surface area contributed by atoms with Crippen LogP contribution in [0, 0.1) is 11.8 Å². The highest BCUT2D eigenvalue weighted by Crippen LogP contribution is 2.56. The fraction of sp³-hybridized carbons (Fsp3) is 0.333. The summed E-state index contributed by atoms with van der Waals surface area (Å²) in [5.74, 6) is -4.81. The molecule has 294 valence electrons. The quantitative estimate of drug-likeness (QED) is 0.0953. The van der Waals surface area contributed by atoms with Crippen molar-refractivity contribution in [1.82, 2.24) is 10.0 Å². The Hall–Kier alpha value is -4.16. The first kappa shape index (κ1) is 41.5. The Labute approximate surface area is 346 Å². The van der Waals surface area contributed by atoms with E-state index in [-0.39, 0.29) is 13.2 Å². The molecule has 2 N–H and O–H groups in total. The highest BCUT2D eigenvalue weighted by Gasteiger charge is 2.68. The minimum absolute atomic E-state index is 0.123. The Morgan fingerprint density at radius 3 is 1.12 bits per heavy atom.